The Balaban J connectivity index is 1.68. The van der Waals surface area contributed by atoms with Crippen LogP contribution in [0.3, 0.4) is 0 Å². The van der Waals surface area contributed by atoms with Crippen LogP contribution in [0.1, 0.15) is 28.8 Å². The number of rotatable bonds is 6. The molecule has 7 heteroatoms. The molecule has 0 atom stereocenters. The first-order valence-corrected chi connectivity index (χ1v) is 9.46. The summed E-state index contributed by atoms with van der Waals surface area (Å²) in [5.41, 5.74) is 1.21. The number of nitrogens with zero attached hydrogens (tertiary/aromatic N) is 1. The van der Waals surface area contributed by atoms with Gasteiger partial charge in [0.25, 0.3) is 5.91 Å². The van der Waals surface area contributed by atoms with Crippen LogP contribution in [0.5, 0.6) is 0 Å². The lowest BCUT2D eigenvalue weighted by Crippen LogP contribution is -2.27. The molecule has 1 aliphatic rings. The molecule has 2 aromatic rings. The lowest BCUT2D eigenvalue weighted by atomic mass is 10.1. The van der Waals surface area contributed by atoms with Crippen LogP contribution >= 0.6 is 0 Å². The highest BCUT2D eigenvalue weighted by Gasteiger charge is 2.28. The van der Waals surface area contributed by atoms with Crippen LogP contribution in [0, 0.1) is 5.82 Å². The molecular formula is C18H19FN2O3S. The van der Waals surface area contributed by atoms with E-state index in [1.165, 1.54) is 41.3 Å². The van der Waals surface area contributed by atoms with Crippen LogP contribution in [0.15, 0.2) is 53.4 Å². The molecule has 1 saturated carbocycles. The molecular weight excluding hydrogens is 343 g/mol. The minimum absolute atomic E-state index is 0.0353. The Morgan fingerprint density at radius 1 is 1.12 bits per heavy atom. The number of amides is 1. The van der Waals surface area contributed by atoms with Crippen molar-refractivity contribution in [3.63, 3.8) is 0 Å². The van der Waals surface area contributed by atoms with E-state index in [2.05, 4.69) is 4.72 Å². The molecule has 0 unspecified atom stereocenters. The van der Waals surface area contributed by atoms with Gasteiger partial charge in [0.15, 0.2) is 0 Å². The smallest absolute Gasteiger partial charge is 0.253 e. The van der Waals surface area contributed by atoms with Crippen molar-refractivity contribution >= 4 is 15.9 Å². The minimum atomic E-state index is -3.52. The van der Waals surface area contributed by atoms with Crippen molar-refractivity contribution in [3.05, 3.63) is 65.5 Å². The van der Waals surface area contributed by atoms with E-state index in [4.69, 9.17) is 0 Å². The number of carbonyl (C=O) groups is 1. The van der Waals surface area contributed by atoms with E-state index in [1.54, 1.807) is 19.2 Å². The normalized spacial score (nSPS) is 14.3. The van der Waals surface area contributed by atoms with Gasteiger partial charge in [0, 0.05) is 25.2 Å². The van der Waals surface area contributed by atoms with Crippen LogP contribution < -0.4 is 4.72 Å². The number of carbonyl (C=O) groups excluding carboxylic acids is 1. The first-order chi connectivity index (χ1) is 11.8. The molecule has 0 aromatic heterocycles. The SMILES string of the molecule is CN(Cc1ccc(F)cc1)C(=O)c1ccc(S(=O)(=O)NC2CC2)cc1. The summed E-state index contributed by atoms with van der Waals surface area (Å²) in [5.74, 6) is -0.558. The summed E-state index contributed by atoms with van der Waals surface area (Å²) in [6.45, 7) is 0.336. The maximum atomic E-state index is 12.9. The molecule has 0 heterocycles. The van der Waals surface area contributed by atoms with E-state index in [0.29, 0.717) is 12.1 Å². The molecule has 1 aliphatic carbocycles. The zero-order valence-electron chi connectivity index (χ0n) is 13.8. The Kier molecular flexibility index (Phi) is 4.87. The molecule has 2 aromatic carbocycles. The Morgan fingerprint density at radius 3 is 2.28 bits per heavy atom. The van der Waals surface area contributed by atoms with Gasteiger partial charge in [0.05, 0.1) is 4.90 Å². The van der Waals surface area contributed by atoms with Crippen molar-refractivity contribution in [1.29, 1.82) is 0 Å². The number of nitrogens with one attached hydrogen (secondary N) is 1. The fraction of sp³-hybridized carbons (Fsp3) is 0.278. The van der Waals surface area contributed by atoms with Crippen molar-refractivity contribution in [3.8, 4) is 0 Å². The minimum Gasteiger partial charge on any atom is -0.337 e. The zero-order chi connectivity index (χ0) is 18.0. The van der Waals surface area contributed by atoms with Gasteiger partial charge in [-0.05, 0) is 54.8 Å². The average molecular weight is 362 g/mol. The molecule has 0 saturated heterocycles. The summed E-state index contributed by atoms with van der Waals surface area (Å²) >= 11 is 0. The molecule has 0 radical (unpaired) electrons. The number of benzene rings is 2. The van der Waals surface area contributed by atoms with Crippen molar-refractivity contribution in [2.24, 2.45) is 0 Å². The van der Waals surface area contributed by atoms with E-state index in [-0.39, 0.29) is 22.7 Å². The quantitative estimate of drug-likeness (QED) is 0.859. The summed E-state index contributed by atoms with van der Waals surface area (Å²) in [7, 11) is -1.88. The topological polar surface area (TPSA) is 66.5 Å². The van der Waals surface area contributed by atoms with Crippen LogP contribution in [-0.4, -0.2) is 32.3 Å². The highest BCUT2D eigenvalue weighted by molar-refractivity contribution is 7.89. The van der Waals surface area contributed by atoms with Crippen LogP contribution in [-0.2, 0) is 16.6 Å². The molecule has 132 valence electrons. The second kappa shape index (κ2) is 6.93. The predicted octanol–water partition coefficient (Wildman–Crippen LogP) is 2.54. The van der Waals surface area contributed by atoms with Crippen molar-refractivity contribution in [2.75, 3.05) is 7.05 Å². The van der Waals surface area contributed by atoms with Gasteiger partial charge in [-0.2, -0.15) is 0 Å². The number of hydrogen-bond donors (Lipinski definition) is 1. The van der Waals surface area contributed by atoms with Crippen LogP contribution in [0.4, 0.5) is 4.39 Å². The van der Waals surface area contributed by atoms with Gasteiger partial charge >= 0.3 is 0 Å². The molecule has 1 amide bonds. The molecule has 25 heavy (non-hydrogen) atoms. The summed E-state index contributed by atoms with van der Waals surface area (Å²) < 4.78 is 39.8. The predicted molar refractivity (Wildman–Crippen MR) is 92.0 cm³/mol. The van der Waals surface area contributed by atoms with Gasteiger partial charge in [0.2, 0.25) is 10.0 Å². The van der Waals surface area contributed by atoms with Crippen molar-refractivity contribution in [1.82, 2.24) is 9.62 Å². The van der Waals surface area contributed by atoms with Gasteiger partial charge in [-0.15, -0.1) is 0 Å². The molecule has 3 rings (SSSR count). The second-order valence-electron chi connectivity index (χ2n) is 6.21. The number of halogens is 1. The van der Waals surface area contributed by atoms with Crippen LogP contribution in [0.2, 0.25) is 0 Å². The highest BCUT2D eigenvalue weighted by Crippen LogP contribution is 2.22. The van der Waals surface area contributed by atoms with Gasteiger partial charge in [-0.1, -0.05) is 12.1 Å². The van der Waals surface area contributed by atoms with E-state index in [9.17, 15) is 17.6 Å². The second-order valence-corrected chi connectivity index (χ2v) is 7.92. The summed E-state index contributed by atoms with van der Waals surface area (Å²) in [6.07, 6.45) is 1.73. The van der Waals surface area contributed by atoms with Gasteiger partial charge < -0.3 is 4.90 Å². The maximum Gasteiger partial charge on any atom is 0.253 e. The number of sulfonamides is 1. The Hall–Kier alpha value is -2.25. The van der Waals surface area contributed by atoms with E-state index < -0.39 is 10.0 Å². The molecule has 0 aliphatic heterocycles. The summed E-state index contributed by atoms with van der Waals surface area (Å²) in [4.78, 5) is 14.1. The van der Waals surface area contributed by atoms with Crippen LogP contribution in [0.25, 0.3) is 0 Å². The van der Waals surface area contributed by atoms with Gasteiger partial charge in [0.1, 0.15) is 5.82 Å². The zero-order valence-corrected chi connectivity index (χ0v) is 14.6. The molecule has 0 spiro atoms. The highest BCUT2D eigenvalue weighted by atomic mass is 32.2. The fourth-order valence-electron chi connectivity index (χ4n) is 2.42. The first-order valence-electron chi connectivity index (χ1n) is 7.97. The standard InChI is InChI=1S/C18H19FN2O3S/c1-21(12-13-2-6-15(19)7-3-13)18(22)14-4-10-17(11-5-14)25(23,24)20-16-8-9-16/h2-7,10-11,16,20H,8-9,12H2,1H3. The monoisotopic (exact) mass is 362 g/mol. The Morgan fingerprint density at radius 2 is 1.72 bits per heavy atom. The third kappa shape index (κ3) is 4.43. The Bertz CT molecular complexity index is 860. The third-order valence-electron chi connectivity index (χ3n) is 3.99. The van der Waals surface area contributed by atoms with E-state index >= 15 is 0 Å². The summed E-state index contributed by atoms with van der Waals surface area (Å²) in [6, 6.07) is 11.9. The van der Waals surface area contributed by atoms with E-state index in [1.807, 2.05) is 0 Å². The van der Waals surface area contributed by atoms with E-state index in [0.717, 1.165) is 18.4 Å². The first kappa shape index (κ1) is 17.6. The lowest BCUT2D eigenvalue weighted by Gasteiger charge is -2.17. The molecule has 1 fully saturated rings. The third-order valence-corrected chi connectivity index (χ3v) is 5.53. The molecule has 5 nitrogen and oxygen atoms in total. The molecule has 0 bridgehead atoms. The summed E-state index contributed by atoms with van der Waals surface area (Å²) in [5, 5.41) is 0. The largest absolute Gasteiger partial charge is 0.337 e. The lowest BCUT2D eigenvalue weighted by molar-refractivity contribution is 0.0785. The fourth-order valence-corrected chi connectivity index (χ4v) is 3.73. The van der Waals surface area contributed by atoms with Crippen molar-refractivity contribution < 1.29 is 17.6 Å². The maximum absolute atomic E-state index is 12.9. The van der Waals surface area contributed by atoms with Crippen molar-refractivity contribution in [2.45, 2.75) is 30.3 Å². The van der Waals surface area contributed by atoms with Gasteiger partial charge in [-0.25, -0.2) is 17.5 Å². The average Bonchev–Trinajstić information content (AvgIpc) is 3.39. The Labute approximate surface area is 146 Å². The van der Waals surface area contributed by atoms with Gasteiger partial charge in [-0.3, -0.25) is 4.79 Å². The molecule has 1 N–H and O–H groups in total. The number of hydrogen-bond acceptors (Lipinski definition) is 3.